The fraction of sp³-hybridized carbons (Fsp3) is 0.348. The second-order valence-electron chi connectivity index (χ2n) is 7.68. The van der Waals surface area contributed by atoms with Gasteiger partial charge in [0.25, 0.3) is 0 Å². The molecular formula is C23H25N5O3. The van der Waals surface area contributed by atoms with Gasteiger partial charge in [-0.2, -0.15) is 0 Å². The zero-order valence-corrected chi connectivity index (χ0v) is 17.4. The molecule has 0 amide bonds. The van der Waals surface area contributed by atoms with Crippen molar-refractivity contribution in [3.63, 3.8) is 0 Å². The molecule has 2 atom stereocenters. The van der Waals surface area contributed by atoms with Gasteiger partial charge in [-0.1, -0.05) is 30.3 Å². The molecule has 1 saturated heterocycles. The maximum atomic E-state index is 11.5. The van der Waals surface area contributed by atoms with Gasteiger partial charge in [0.05, 0.1) is 25.1 Å². The number of nitrogens with zero attached hydrogens (tertiary/aromatic N) is 4. The highest BCUT2D eigenvalue weighted by molar-refractivity contribution is 5.91. The third kappa shape index (κ3) is 3.58. The number of hydrogen-bond donors (Lipinski definition) is 2. The van der Waals surface area contributed by atoms with Gasteiger partial charge < -0.3 is 24.5 Å². The maximum Gasteiger partial charge on any atom is 0.162 e. The van der Waals surface area contributed by atoms with Crippen molar-refractivity contribution in [3.8, 4) is 5.75 Å². The summed E-state index contributed by atoms with van der Waals surface area (Å²) in [6, 6.07) is 11.8. The summed E-state index contributed by atoms with van der Waals surface area (Å²) in [5.74, 6) is 1.55. The summed E-state index contributed by atoms with van der Waals surface area (Å²) < 4.78 is 11.0. The van der Waals surface area contributed by atoms with Gasteiger partial charge in [-0.15, -0.1) is 0 Å². The van der Waals surface area contributed by atoms with Crippen molar-refractivity contribution in [2.75, 3.05) is 31.8 Å². The Morgan fingerprint density at radius 3 is 2.90 bits per heavy atom. The van der Waals surface area contributed by atoms with E-state index in [4.69, 9.17) is 9.47 Å². The molecule has 1 fully saturated rings. The van der Waals surface area contributed by atoms with E-state index in [2.05, 4.69) is 24.8 Å². The van der Waals surface area contributed by atoms with Crippen molar-refractivity contribution in [3.05, 3.63) is 54.6 Å². The monoisotopic (exact) mass is 419 g/mol. The van der Waals surface area contributed by atoms with Crippen LogP contribution in [0.15, 0.2) is 49.1 Å². The molecule has 0 bridgehead atoms. The summed E-state index contributed by atoms with van der Waals surface area (Å²) in [5.41, 5.74) is 2.32. The van der Waals surface area contributed by atoms with E-state index in [1.54, 1.807) is 19.8 Å². The first kappa shape index (κ1) is 19.7. The van der Waals surface area contributed by atoms with Crippen LogP contribution >= 0.6 is 0 Å². The molecule has 1 aliphatic rings. The molecule has 0 saturated carbocycles. The molecule has 1 aliphatic heterocycles. The number of imidazole rings is 1. The Hall–Kier alpha value is -3.23. The van der Waals surface area contributed by atoms with Crippen LogP contribution in [0.1, 0.15) is 24.5 Å². The summed E-state index contributed by atoms with van der Waals surface area (Å²) in [6.45, 7) is 1.82. The molecule has 5 rings (SSSR count). The molecule has 160 valence electrons. The number of anilines is 1. The Labute approximate surface area is 179 Å². The van der Waals surface area contributed by atoms with Crippen LogP contribution in [0, 0.1) is 0 Å². The number of hydrogen-bond acceptors (Lipinski definition) is 7. The molecule has 8 heteroatoms. The first-order chi connectivity index (χ1) is 15.3. The topological polar surface area (TPSA) is 96.4 Å². The van der Waals surface area contributed by atoms with Crippen LogP contribution in [0.4, 0.5) is 5.82 Å². The average molecular weight is 419 g/mol. The molecule has 2 aromatic heterocycles. The number of nitrogens with one attached hydrogen (secondary N) is 1. The SMILES string of the molecule is COCCOc1cccc2c(C(O)[C@H]3CCCN3c3ncnc4[nH]cnc34)cccc12. The number of aromatic amines is 1. The first-order valence-corrected chi connectivity index (χ1v) is 10.5. The minimum atomic E-state index is -0.676. The predicted octanol–water partition coefficient (Wildman–Crippen LogP) is 3.23. The predicted molar refractivity (Wildman–Crippen MR) is 118 cm³/mol. The number of methoxy groups -OCH3 is 1. The molecule has 4 aromatic rings. The number of benzene rings is 2. The Kier molecular flexibility index (Phi) is 5.40. The molecule has 2 aromatic carbocycles. The van der Waals surface area contributed by atoms with E-state index >= 15 is 0 Å². The lowest BCUT2D eigenvalue weighted by Crippen LogP contribution is -2.35. The number of H-pyrrole nitrogens is 1. The zero-order valence-electron chi connectivity index (χ0n) is 17.4. The standard InChI is InChI=1S/C23H25N5O3/c1-30-11-12-31-19-9-3-5-15-16(19)6-2-7-17(15)21(29)18-8-4-10-28(18)23-20-22(25-13-24-20)26-14-27-23/h2-3,5-7,9,13-14,18,21,29H,4,8,10-12H2,1H3,(H,24,25,26,27)/t18-,21?/m1/s1. The molecule has 0 aliphatic carbocycles. The van der Waals surface area contributed by atoms with Crippen molar-refractivity contribution < 1.29 is 14.6 Å². The molecule has 8 nitrogen and oxygen atoms in total. The molecule has 1 unspecified atom stereocenters. The summed E-state index contributed by atoms with van der Waals surface area (Å²) in [5, 5.41) is 13.5. The van der Waals surface area contributed by atoms with Gasteiger partial charge in [0.1, 0.15) is 24.2 Å². The van der Waals surface area contributed by atoms with Gasteiger partial charge in [0, 0.05) is 19.0 Å². The third-order valence-corrected chi connectivity index (χ3v) is 5.91. The van der Waals surface area contributed by atoms with Gasteiger partial charge in [-0.3, -0.25) is 0 Å². The van der Waals surface area contributed by atoms with Crippen LogP contribution < -0.4 is 9.64 Å². The van der Waals surface area contributed by atoms with E-state index in [1.165, 1.54) is 0 Å². The average Bonchev–Trinajstić information content (AvgIpc) is 3.48. The highest BCUT2D eigenvalue weighted by Gasteiger charge is 2.34. The van der Waals surface area contributed by atoms with Crippen LogP contribution in [-0.4, -0.2) is 58.0 Å². The third-order valence-electron chi connectivity index (χ3n) is 5.91. The number of aromatic nitrogens is 4. The smallest absolute Gasteiger partial charge is 0.162 e. The molecule has 0 spiro atoms. The van der Waals surface area contributed by atoms with Crippen molar-refractivity contribution in [1.82, 2.24) is 19.9 Å². The first-order valence-electron chi connectivity index (χ1n) is 10.5. The summed E-state index contributed by atoms with van der Waals surface area (Å²) in [7, 11) is 1.66. The lowest BCUT2D eigenvalue weighted by Gasteiger charge is -2.30. The Morgan fingerprint density at radius 2 is 2.00 bits per heavy atom. The largest absolute Gasteiger partial charge is 0.491 e. The van der Waals surface area contributed by atoms with Gasteiger partial charge in [-0.05, 0) is 29.9 Å². The maximum absolute atomic E-state index is 11.5. The van der Waals surface area contributed by atoms with Gasteiger partial charge in [0.15, 0.2) is 11.5 Å². The molecule has 31 heavy (non-hydrogen) atoms. The minimum absolute atomic E-state index is 0.0986. The van der Waals surface area contributed by atoms with Crippen molar-refractivity contribution >= 4 is 27.8 Å². The molecule has 3 heterocycles. The minimum Gasteiger partial charge on any atom is -0.491 e. The van der Waals surface area contributed by atoms with Gasteiger partial charge in [0.2, 0.25) is 0 Å². The van der Waals surface area contributed by atoms with Crippen LogP contribution in [0.3, 0.4) is 0 Å². The number of rotatable bonds is 7. The van der Waals surface area contributed by atoms with E-state index < -0.39 is 6.10 Å². The fourth-order valence-corrected chi connectivity index (χ4v) is 4.48. The van der Waals surface area contributed by atoms with E-state index in [0.717, 1.165) is 52.8 Å². The Morgan fingerprint density at radius 1 is 1.13 bits per heavy atom. The summed E-state index contributed by atoms with van der Waals surface area (Å²) in [6.07, 6.45) is 4.34. The van der Waals surface area contributed by atoms with Gasteiger partial charge in [-0.25, -0.2) is 15.0 Å². The molecular weight excluding hydrogens is 394 g/mol. The van der Waals surface area contributed by atoms with E-state index in [1.807, 2.05) is 36.4 Å². The quantitative estimate of drug-likeness (QED) is 0.444. The van der Waals surface area contributed by atoms with Gasteiger partial charge >= 0.3 is 0 Å². The van der Waals surface area contributed by atoms with Crippen LogP contribution in [0.5, 0.6) is 5.75 Å². The zero-order chi connectivity index (χ0) is 21.2. The second-order valence-corrected chi connectivity index (χ2v) is 7.68. The highest BCUT2D eigenvalue weighted by atomic mass is 16.5. The van der Waals surface area contributed by atoms with Crippen LogP contribution in [-0.2, 0) is 4.74 Å². The second kappa shape index (κ2) is 8.49. The van der Waals surface area contributed by atoms with Crippen LogP contribution in [0.2, 0.25) is 0 Å². The van der Waals surface area contributed by atoms with E-state index in [0.29, 0.717) is 18.9 Å². The number of fused-ring (bicyclic) bond motifs is 2. The summed E-state index contributed by atoms with van der Waals surface area (Å²) >= 11 is 0. The van der Waals surface area contributed by atoms with E-state index in [-0.39, 0.29) is 6.04 Å². The number of aliphatic hydroxyl groups excluding tert-OH is 1. The van der Waals surface area contributed by atoms with Crippen LogP contribution in [0.25, 0.3) is 21.9 Å². The molecule has 0 radical (unpaired) electrons. The van der Waals surface area contributed by atoms with Crippen molar-refractivity contribution in [2.45, 2.75) is 25.0 Å². The highest BCUT2D eigenvalue weighted by Crippen LogP contribution is 2.38. The lowest BCUT2D eigenvalue weighted by atomic mass is 9.94. The number of aliphatic hydroxyl groups is 1. The van der Waals surface area contributed by atoms with Crippen molar-refractivity contribution in [2.24, 2.45) is 0 Å². The summed E-state index contributed by atoms with van der Waals surface area (Å²) in [4.78, 5) is 18.3. The lowest BCUT2D eigenvalue weighted by molar-refractivity contribution is 0.146. The molecule has 2 N–H and O–H groups in total. The normalized spacial score (nSPS) is 17.5. The number of ether oxygens (including phenoxy) is 2. The fourth-order valence-electron chi connectivity index (χ4n) is 4.48. The Balaban J connectivity index is 1.50. The Bertz CT molecular complexity index is 1190. The van der Waals surface area contributed by atoms with E-state index in [9.17, 15) is 5.11 Å². The van der Waals surface area contributed by atoms with Crippen molar-refractivity contribution in [1.29, 1.82) is 0 Å².